The molecule has 3 aliphatic rings. The van der Waals surface area contributed by atoms with Crippen molar-refractivity contribution in [3.05, 3.63) is 94.2 Å². The molecular formula is C23H15N3O2. The summed E-state index contributed by atoms with van der Waals surface area (Å²) in [7, 11) is 0. The average molecular weight is 365 g/mol. The van der Waals surface area contributed by atoms with Crippen LogP contribution in [0.2, 0.25) is 0 Å². The van der Waals surface area contributed by atoms with Crippen molar-refractivity contribution in [2.75, 3.05) is 0 Å². The molecule has 2 heterocycles. The topological polar surface area (TPSA) is 82.0 Å². The molecule has 1 amide bonds. The molecule has 2 N–H and O–H groups in total. The van der Waals surface area contributed by atoms with Gasteiger partial charge in [0.05, 0.1) is 17.3 Å². The van der Waals surface area contributed by atoms with Gasteiger partial charge in [0.25, 0.3) is 0 Å². The molecule has 0 saturated carbocycles. The van der Waals surface area contributed by atoms with Gasteiger partial charge >= 0.3 is 0 Å². The van der Waals surface area contributed by atoms with E-state index >= 15 is 0 Å². The van der Waals surface area contributed by atoms with E-state index in [0.717, 1.165) is 11.1 Å². The Kier molecular flexibility index (Phi) is 3.22. The summed E-state index contributed by atoms with van der Waals surface area (Å²) in [5.41, 5.74) is 3.04. The van der Waals surface area contributed by atoms with Crippen LogP contribution in [0, 0.1) is 16.7 Å². The highest BCUT2D eigenvalue weighted by atomic mass is 16.2. The third kappa shape index (κ3) is 1.89. The normalized spacial score (nSPS) is 22.5. The Labute approximate surface area is 161 Å². The van der Waals surface area contributed by atoms with E-state index in [1.807, 2.05) is 42.5 Å². The summed E-state index contributed by atoms with van der Waals surface area (Å²) in [5, 5.41) is 16.0. The minimum absolute atomic E-state index is 0.223. The van der Waals surface area contributed by atoms with Crippen LogP contribution in [0.3, 0.4) is 0 Å². The van der Waals surface area contributed by atoms with E-state index in [-0.39, 0.29) is 17.3 Å². The fraction of sp³-hybridized carbons (Fsp3) is 0.0870. The summed E-state index contributed by atoms with van der Waals surface area (Å²) in [5.74, 6) is -0.600. The number of Topliss-reactive ketones (excluding diaryl/α,β-unsaturated/α-hetero) is 1. The molecule has 2 aromatic carbocycles. The molecule has 0 aromatic heterocycles. The van der Waals surface area contributed by atoms with Crippen molar-refractivity contribution in [1.29, 1.82) is 5.26 Å². The van der Waals surface area contributed by atoms with Crippen LogP contribution in [0.1, 0.15) is 28.4 Å². The van der Waals surface area contributed by atoms with Gasteiger partial charge < -0.3 is 10.6 Å². The summed E-state index contributed by atoms with van der Waals surface area (Å²) in [6.07, 6.45) is 1.73. The maximum Gasteiger partial charge on any atom is 0.244 e. The Morgan fingerprint density at radius 3 is 2.32 bits per heavy atom. The number of benzene rings is 2. The molecule has 1 aliphatic carbocycles. The Hall–Kier alpha value is -3.91. The van der Waals surface area contributed by atoms with E-state index < -0.39 is 5.41 Å². The van der Waals surface area contributed by atoms with Crippen LogP contribution in [0.4, 0.5) is 0 Å². The standard InChI is InChI=1S/C23H15N3O2/c1-13-17(12-24)23(11-18(26-22(23)28)14-7-3-2-4-8-14)19-20(25-13)15-9-5-6-10-16(15)21(19)27/h2-11,25H,1H3,(H,26,28). The molecule has 1 unspecified atom stereocenters. The molecule has 0 bridgehead atoms. The second-order valence-electron chi connectivity index (χ2n) is 7.05. The minimum Gasteiger partial charge on any atom is -0.357 e. The van der Waals surface area contributed by atoms with E-state index in [2.05, 4.69) is 16.7 Å². The molecule has 0 radical (unpaired) electrons. The molecule has 2 aromatic rings. The summed E-state index contributed by atoms with van der Waals surface area (Å²) in [6, 6.07) is 18.9. The number of ketones is 1. The maximum absolute atomic E-state index is 13.3. The second-order valence-corrected chi connectivity index (χ2v) is 7.05. The fourth-order valence-electron chi connectivity index (χ4n) is 4.31. The van der Waals surface area contributed by atoms with Gasteiger partial charge in [0.15, 0.2) is 5.78 Å². The molecule has 1 spiro atoms. The zero-order valence-electron chi connectivity index (χ0n) is 15.0. The molecular weight excluding hydrogens is 350 g/mol. The number of nitriles is 1. The van der Waals surface area contributed by atoms with Gasteiger partial charge in [-0.05, 0) is 18.6 Å². The van der Waals surface area contributed by atoms with Gasteiger partial charge in [0, 0.05) is 28.1 Å². The SMILES string of the molecule is CC1=C(C#N)C2(C=C(c3ccccc3)NC2=O)C2=C(N1)c1ccccc1C2=O. The van der Waals surface area contributed by atoms with E-state index in [1.54, 1.807) is 25.1 Å². The van der Waals surface area contributed by atoms with Crippen LogP contribution in [0.15, 0.2) is 77.5 Å². The lowest BCUT2D eigenvalue weighted by molar-refractivity contribution is -0.123. The first-order chi connectivity index (χ1) is 13.6. The number of fused-ring (bicyclic) bond motifs is 3. The molecule has 5 nitrogen and oxygen atoms in total. The highest BCUT2D eigenvalue weighted by Gasteiger charge is 2.56. The van der Waals surface area contributed by atoms with Gasteiger partial charge in [-0.25, -0.2) is 0 Å². The van der Waals surface area contributed by atoms with Crippen LogP contribution in [-0.2, 0) is 4.79 Å². The van der Waals surface area contributed by atoms with Gasteiger partial charge in [-0.3, -0.25) is 9.59 Å². The first-order valence-electron chi connectivity index (χ1n) is 8.95. The monoisotopic (exact) mass is 365 g/mol. The maximum atomic E-state index is 13.3. The molecule has 5 heteroatoms. The molecule has 1 atom stereocenters. The first-order valence-corrected chi connectivity index (χ1v) is 8.95. The van der Waals surface area contributed by atoms with Gasteiger partial charge in [-0.1, -0.05) is 54.6 Å². The molecule has 0 fully saturated rings. The van der Waals surface area contributed by atoms with Crippen LogP contribution in [-0.4, -0.2) is 11.7 Å². The molecule has 0 saturated heterocycles. The largest absolute Gasteiger partial charge is 0.357 e. The lowest BCUT2D eigenvalue weighted by Gasteiger charge is -2.32. The fourth-order valence-corrected chi connectivity index (χ4v) is 4.31. The minimum atomic E-state index is -1.43. The zero-order chi connectivity index (χ0) is 19.5. The number of carbonyl (C=O) groups is 2. The number of allylic oxidation sites excluding steroid dienone is 1. The molecule has 5 rings (SSSR count). The van der Waals surface area contributed by atoms with E-state index in [4.69, 9.17) is 0 Å². The average Bonchev–Trinajstić information content (AvgIpc) is 3.19. The second kappa shape index (κ2) is 5.54. The quantitative estimate of drug-likeness (QED) is 0.813. The van der Waals surface area contributed by atoms with Gasteiger partial charge in [-0.15, -0.1) is 0 Å². The van der Waals surface area contributed by atoms with Crippen molar-refractivity contribution in [2.45, 2.75) is 6.92 Å². The number of hydrogen-bond acceptors (Lipinski definition) is 4. The predicted octanol–water partition coefficient (Wildman–Crippen LogP) is 3.15. The summed E-state index contributed by atoms with van der Waals surface area (Å²) >= 11 is 0. The Morgan fingerprint density at radius 2 is 1.61 bits per heavy atom. The van der Waals surface area contributed by atoms with Crippen molar-refractivity contribution in [3.63, 3.8) is 0 Å². The van der Waals surface area contributed by atoms with Crippen LogP contribution in [0.5, 0.6) is 0 Å². The van der Waals surface area contributed by atoms with Crippen molar-refractivity contribution in [2.24, 2.45) is 5.41 Å². The Morgan fingerprint density at radius 1 is 0.929 bits per heavy atom. The number of hydrogen-bond donors (Lipinski definition) is 2. The zero-order valence-corrected chi connectivity index (χ0v) is 15.0. The van der Waals surface area contributed by atoms with Gasteiger partial charge in [-0.2, -0.15) is 5.26 Å². The van der Waals surface area contributed by atoms with Crippen molar-refractivity contribution >= 4 is 23.1 Å². The Bertz CT molecular complexity index is 1210. The number of nitrogens with one attached hydrogen (secondary N) is 2. The third-order valence-electron chi connectivity index (χ3n) is 5.56. The van der Waals surface area contributed by atoms with Crippen LogP contribution >= 0.6 is 0 Å². The molecule has 28 heavy (non-hydrogen) atoms. The predicted molar refractivity (Wildman–Crippen MR) is 104 cm³/mol. The van der Waals surface area contributed by atoms with Crippen molar-refractivity contribution in [3.8, 4) is 6.07 Å². The highest BCUT2D eigenvalue weighted by molar-refractivity contribution is 6.27. The Balaban J connectivity index is 1.80. The molecule has 134 valence electrons. The number of amides is 1. The van der Waals surface area contributed by atoms with E-state index in [9.17, 15) is 14.9 Å². The van der Waals surface area contributed by atoms with E-state index in [1.165, 1.54) is 0 Å². The summed E-state index contributed by atoms with van der Waals surface area (Å²) < 4.78 is 0. The first kappa shape index (κ1) is 16.3. The van der Waals surface area contributed by atoms with Gasteiger partial charge in [0.2, 0.25) is 5.91 Å². The number of dihydropyridines is 1. The highest BCUT2D eigenvalue weighted by Crippen LogP contribution is 2.52. The molecule has 2 aliphatic heterocycles. The van der Waals surface area contributed by atoms with Crippen molar-refractivity contribution in [1.82, 2.24) is 10.6 Å². The van der Waals surface area contributed by atoms with Gasteiger partial charge in [0.1, 0.15) is 5.41 Å². The number of carbonyl (C=O) groups excluding carboxylic acids is 2. The summed E-state index contributed by atoms with van der Waals surface area (Å²) in [6.45, 7) is 1.76. The van der Waals surface area contributed by atoms with Crippen LogP contribution in [0.25, 0.3) is 11.4 Å². The summed E-state index contributed by atoms with van der Waals surface area (Å²) in [4.78, 5) is 26.6. The lowest BCUT2D eigenvalue weighted by atomic mass is 9.70. The van der Waals surface area contributed by atoms with E-state index in [0.29, 0.717) is 28.2 Å². The van der Waals surface area contributed by atoms with Crippen molar-refractivity contribution < 1.29 is 9.59 Å². The lowest BCUT2D eigenvalue weighted by Crippen LogP contribution is -2.42. The van der Waals surface area contributed by atoms with Crippen LogP contribution < -0.4 is 10.6 Å². The number of rotatable bonds is 1. The smallest absolute Gasteiger partial charge is 0.244 e. The third-order valence-corrected chi connectivity index (χ3v) is 5.56. The number of nitrogens with zero attached hydrogens (tertiary/aromatic N) is 1.